The molecule has 0 aliphatic carbocycles. The molecule has 3 nitrogen and oxygen atoms in total. The van der Waals surface area contributed by atoms with E-state index in [2.05, 4.69) is 4.74 Å². The van der Waals surface area contributed by atoms with Crippen LogP contribution in [-0.2, 0) is 0 Å². The van der Waals surface area contributed by atoms with Gasteiger partial charge in [0.1, 0.15) is 5.15 Å². The van der Waals surface area contributed by atoms with E-state index in [1.807, 2.05) is 4.98 Å². The van der Waals surface area contributed by atoms with Gasteiger partial charge in [0.05, 0.1) is 12.7 Å². The largest absolute Gasteiger partial charge is 0.491 e. The number of halogens is 3. The number of alkyl halides is 2. The molecule has 6 heteroatoms. The maximum absolute atomic E-state index is 12.2. The Labute approximate surface area is 77.3 Å². The van der Waals surface area contributed by atoms with Gasteiger partial charge in [-0.1, -0.05) is 11.6 Å². The van der Waals surface area contributed by atoms with E-state index >= 15 is 0 Å². The summed E-state index contributed by atoms with van der Waals surface area (Å²) >= 11 is 5.36. The molecule has 1 rings (SSSR count). The summed E-state index contributed by atoms with van der Waals surface area (Å²) in [4.78, 5) is 13.0. The Morgan fingerprint density at radius 3 is 2.69 bits per heavy atom. The van der Waals surface area contributed by atoms with Crippen molar-refractivity contribution in [2.45, 2.75) is 6.43 Å². The van der Waals surface area contributed by atoms with Crippen molar-refractivity contribution in [3.05, 3.63) is 27.1 Å². The predicted octanol–water partition coefficient (Wildman–Crippen LogP) is 1.97. The second-order valence-corrected chi connectivity index (χ2v) is 2.61. The van der Waals surface area contributed by atoms with Gasteiger partial charge in [-0.15, -0.1) is 0 Å². The number of hydrogen-bond donors (Lipinski definition) is 1. The number of ether oxygens (including phenoxy) is 1. The van der Waals surface area contributed by atoms with Gasteiger partial charge in [0, 0.05) is 0 Å². The zero-order chi connectivity index (χ0) is 10.0. The van der Waals surface area contributed by atoms with E-state index in [0.29, 0.717) is 0 Å². The van der Waals surface area contributed by atoms with Crippen LogP contribution in [0.15, 0.2) is 10.9 Å². The highest BCUT2D eigenvalue weighted by Crippen LogP contribution is 2.26. The van der Waals surface area contributed by atoms with E-state index in [9.17, 15) is 13.6 Å². The summed E-state index contributed by atoms with van der Waals surface area (Å²) < 4.78 is 29.0. The van der Waals surface area contributed by atoms with Crippen LogP contribution in [0, 0.1) is 0 Å². The van der Waals surface area contributed by atoms with Crippen molar-refractivity contribution in [2.24, 2.45) is 0 Å². The van der Waals surface area contributed by atoms with Gasteiger partial charge in [-0.05, 0) is 6.07 Å². The van der Waals surface area contributed by atoms with Gasteiger partial charge in [0.15, 0.2) is 5.75 Å². The Morgan fingerprint density at radius 1 is 1.62 bits per heavy atom. The summed E-state index contributed by atoms with van der Waals surface area (Å²) in [5.41, 5.74) is -1.07. The minimum atomic E-state index is -2.74. The third-order valence-electron chi connectivity index (χ3n) is 1.44. The van der Waals surface area contributed by atoms with Gasteiger partial charge in [0.25, 0.3) is 12.0 Å². The van der Waals surface area contributed by atoms with Crippen LogP contribution in [0.5, 0.6) is 5.75 Å². The SMILES string of the molecule is COc1cc(C(F)F)c(Cl)[nH]c1=O. The zero-order valence-electron chi connectivity index (χ0n) is 6.61. The zero-order valence-corrected chi connectivity index (χ0v) is 7.36. The minimum Gasteiger partial charge on any atom is -0.491 e. The van der Waals surface area contributed by atoms with Crippen molar-refractivity contribution < 1.29 is 13.5 Å². The van der Waals surface area contributed by atoms with Crippen LogP contribution in [0.4, 0.5) is 8.78 Å². The molecule has 0 radical (unpaired) electrons. The van der Waals surface area contributed by atoms with E-state index in [4.69, 9.17) is 11.6 Å². The van der Waals surface area contributed by atoms with Gasteiger partial charge in [-0.2, -0.15) is 0 Å². The minimum absolute atomic E-state index is 0.181. The van der Waals surface area contributed by atoms with Crippen molar-refractivity contribution in [2.75, 3.05) is 7.11 Å². The second kappa shape index (κ2) is 3.74. The van der Waals surface area contributed by atoms with Crippen molar-refractivity contribution >= 4 is 11.6 Å². The maximum atomic E-state index is 12.2. The number of pyridine rings is 1. The van der Waals surface area contributed by atoms with E-state index in [-0.39, 0.29) is 10.9 Å². The van der Waals surface area contributed by atoms with E-state index < -0.39 is 17.5 Å². The molecule has 1 heterocycles. The van der Waals surface area contributed by atoms with E-state index in [1.165, 1.54) is 7.11 Å². The first-order valence-corrected chi connectivity index (χ1v) is 3.69. The third-order valence-corrected chi connectivity index (χ3v) is 1.75. The summed E-state index contributed by atoms with van der Waals surface area (Å²) in [5.74, 6) is -0.181. The number of nitrogens with one attached hydrogen (secondary N) is 1. The lowest BCUT2D eigenvalue weighted by atomic mass is 10.3. The Morgan fingerprint density at radius 2 is 2.23 bits per heavy atom. The lowest BCUT2D eigenvalue weighted by molar-refractivity contribution is 0.150. The maximum Gasteiger partial charge on any atom is 0.291 e. The van der Waals surface area contributed by atoms with Gasteiger partial charge in [0.2, 0.25) is 0 Å². The first-order chi connectivity index (χ1) is 6.06. The fourth-order valence-corrected chi connectivity index (χ4v) is 1.04. The smallest absolute Gasteiger partial charge is 0.291 e. The lowest BCUT2D eigenvalue weighted by Crippen LogP contribution is -2.10. The van der Waals surface area contributed by atoms with E-state index in [1.54, 1.807) is 0 Å². The molecule has 1 aromatic rings. The van der Waals surface area contributed by atoms with Crippen LogP contribution in [0.2, 0.25) is 5.15 Å². The fourth-order valence-electron chi connectivity index (χ4n) is 0.814. The summed E-state index contributed by atoms with van der Waals surface area (Å²) in [6, 6.07) is 0.922. The second-order valence-electron chi connectivity index (χ2n) is 2.24. The van der Waals surface area contributed by atoms with Crippen molar-refractivity contribution in [3.8, 4) is 5.75 Å². The molecule has 72 valence electrons. The van der Waals surface area contributed by atoms with Gasteiger partial charge in [-0.25, -0.2) is 8.78 Å². The summed E-state index contributed by atoms with van der Waals surface area (Å²) in [7, 11) is 1.22. The normalized spacial score (nSPS) is 10.5. The lowest BCUT2D eigenvalue weighted by Gasteiger charge is -2.04. The molecular formula is C7H6ClF2NO2. The highest BCUT2D eigenvalue weighted by atomic mass is 35.5. The average molecular weight is 210 g/mol. The highest BCUT2D eigenvalue weighted by Gasteiger charge is 2.15. The summed E-state index contributed by atoms with van der Waals surface area (Å²) in [6.07, 6.45) is -2.74. The molecule has 0 atom stereocenters. The van der Waals surface area contributed by atoms with Gasteiger partial charge in [-0.3, -0.25) is 4.79 Å². The fraction of sp³-hybridized carbons (Fsp3) is 0.286. The Hall–Kier alpha value is -1.10. The standard InChI is InChI=1S/C7H6ClF2NO2/c1-13-4-2-3(6(9)10)5(8)11-7(4)12/h2,6H,1H3,(H,11,12). The number of aromatic amines is 1. The number of H-pyrrole nitrogens is 1. The van der Waals surface area contributed by atoms with Gasteiger partial charge >= 0.3 is 0 Å². The Kier molecular flexibility index (Phi) is 2.87. The van der Waals surface area contributed by atoms with E-state index in [0.717, 1.165) is 6.07 Å². The third kappa shape index (κ3) is 1.98. The average Bonchev–Trinajstić information content (AvgIpc) is 2.03. The quantitative estimate of drug-likeness (QED) is 0.757. The van der Waals surface area contributed by atoms with Crippen LogP contribution in [-0.4, -0.2) is 12.1 Å². The molecule has 13 heavy (non-hydrogen) atoms. The molecule has 0 aromatic carbocycles. The van der Waals surface area contributed by atoms with Crippen LogP contribution in [0.25, 0.3) is 0 Å². The number of hydrogen-bond acceptors (Lipinski definition) is 2. The summed E-state index contributed by atoms with van der Waals surface area (Å²) in [5, 5.41) is -0.360. The molecule has 0 aliphatic heterocycles. The molecule has 0 amide bonds. The van der Waals surface area contributed by atoms with Crippen LogP contribution < -0.4 is 10.3 Å². The summed E-state index contributed by atoms with van der Waals surface area (Å²) in [6.45, 7) is 0. The number of rotatable bonds is 2. The molecule has 0 aliphatic rings. The highest BCUT2D eigenvalue weighted by molar-refractivity contribution is 6.30. The van der Waals surface area contributed by atoms with Gasteiger partial charge < -0.3 is 9.72 Å². The number of aromatic nitrogens is 1. The Balaban J connectivity index is 3.31. The van der Waals surface area contributed by atoms with Crippen LogP contribution in [0.3, 0.4) is 0 Å². The molecule has 0 unspecified atom stereocenters. The molecule has 0 fully saturated rings. The number of methoxy groups -OCH3 is 1. The van der Waals surface area contributed by atoms with Crippen molar-refractivity contribution in [1.29, 1.82) is 0 Å². The van der Waals surface area contributed by atoms with Crippen LogP contribution >= 0.6 is 11.6 Å². The first-order valence-electron chi connectivity index (χ1n) is 3.31. The van der Waals surface area contributed by atoms with Crippen molar-refractivity contribution in [1.82, 2.24) is 4.98 Å². The molecule has 0 saturated heterocycles. The molecule has 0 saturated carbocycles. The topological polar surface area (TPSA) is 42.1 Å². The van der Waals surface area contributed by atoms with Crippen molar-refractivity contribution in [3.63, 3.8) is 0 Å². The first kappa shape index (κ1) is 9.98. The monoisotopic (exact) mass is 209 g/mol. The molecule has 1 aromatic heterocycles. The van der Waals surface area contributed by atoms with Crippen LogP contribution in [0.1, 0.15) is 12.0 Å². The molecule has 0 bridgehead atoms. The predicted molar refractivity (Wildman–Crippen MR) is 43.6 cm³/mol. The Bertz CT molecular complexity index is 364. The molecule has 0 spiro atoms. The molecule has 1 N–H and O–H groups in total. The molecular weight excluding hydrogens is 204 g/mol.